The molecule has 1 aliphatic rings. The zero-order valence-electron chi connectivity index (χ0n) is 16.8. The SMILES string of the molecule is Cc1cccc(-n2c(N)c(C(=O)NCC3CCCO3)c3nc4ccccc4nc32)c1. The van der Waals surface area contributed by atoms with Gasteiger partial charge in [0.15, 0.2) is 5.65 Å². The van der Waals surface area contributed by atoms with Gasteiger partial charge in [0, 0.05) is 18.8 Å². The summed E-state index contributed by atoms with van der Waals surface area (Å²) in [6.45, 7) is 3.21. The Bertz CT molecular complexity index is 1260. The number of rotatable bonds is 4. The minimum atomic E-state index is -0.260. The van der Waals surface area contributed by atoms with Crippen LogP contribution in [0.15, 0.2) is 48.5 Å². The summed E-state index contributed by atoms with van der Waals surface area (Å²) in [6.07, 6.45) is 2.02. The van der Waals surface area contributed by atoms with Crippen molar-refractivity contribution < 1.29 is 9.53 Å². The van der Waals surface area contributed by atoms with Crippen molar-refractivity contribution in [2.75, 3.05) is 18.9 Å². The normalized spacial score (nSPS) is 16.4. The number of nitrogens with two attached hydrogens (primary N) is 1. The standard InChI is InChI=1S/C23H23N5O2/c1-14-6-4-7-15(12-14)28-21(24)19(23(29)25-13-16-8-5-11-30-16)20-22(28)27-18-10-3-2-9-17(18)26-20/h2-4,6-7,9-10,12,16H,5,8,11,13,24H2,1H3,(H,25,29). The summed E-state index contributed by atoms with van der Waals surface area (Å²) in [7, 11) is 0. The summed E-state index contributed by atoms with van der Waals surface area (Å²) in [4.78, 5) is 22.7. The van der Waals surface area contributed by atoms with Crippen molar-refractivity contribution >= 4 is 33.9 Å². The van der Waals surface area contributed by atoms with E-state index < -0.39 is 0 Å². The third kappa shape index (κ3) is 3.17. The Hall–Kier alpha value is -3.45. The number of anilines is 1. The molecular weight excluding hydrogens is 378 g/mol. The molecule has 1 aliphatic heterocycles. The zero-order chi connectivity index (χ0) is 20.7. The number of aromatic nitrogens is 3. The topological polar surface area (TPSA) is 95.1 Å². The molecule has 1 fully saturated rings. The second-order valence-electron chi connectivity index (χ2n) is 7.66. The number of carbonyl (C=O) groups is 1. The van der Waals surface area contributed by atoms with Crippen LogP contribution >= 0.6 is 0 Å². The van der Waals surface area contributed by atoms with Crippen LogP contribution in [-0.4, -0.2) is 39.7 Å². The van der Waals surface area contributed by atoms with Crippen molar-refractivity contribution in [3.05, 3.63) is 59.7 Å². The molecule has 4 aromatic rings. The molecule has 1 saturated heterocycles. The highest BCUT2D eigenvalue weighted by Gasteiger charge is 2.26. The summed E-state index contributed by atoms with van der Waals surface area (Å²) in [5.74, 6) is 0.0692. The maximum atomic E-state index is 13.2. The van der Waals surface area contributed by atoms with E-state index in [9.17, 15) is 4.79 Å². The quantitative estimate of drug-likeness (QED) is 0.547. The second-order valence-corrected chi connectivity index (χ2v) is 7.66. The van der Waals surface area contributed by atoms with E-state index in [-0.39, 0.29) is 12.0 Å². The van der Waals surface area contributed by atoms with E-state index >= 15 is 0 Å². The summed E-state index contributed by atoms with van der Waals surface area (Å²) < 4.78 is 7.43. The van der Waals surface area contributed by atoms with E-state index in [0.29, 0.717) is 29.1 Å². The highest BCUT2D eigenvalue weighted by Crippen LogP contribution is 2.31. The molecule has 0 saturated carbocycles. The number of hydrogen-bond acceptors (Lipinski definition) is 5. The Morgan fingerprint density at radius 2 is 2.00 bits per heavy atom. The van der Waals surface area contributed by atoms with Gasteiger partial charge in [0.1, 0.15) is 16.9 Å². The number of fused-ring (bicyclic) bond motifs is 2. The number of hydrogen-bond donors (Lipinski definition) is 2. The average molecular weight is 401 g/mol. The van der Waals surface area contributed by atoms with Crippen molar-refractivity contribution in [3.63, 3.8) is 0 Å². The average Bonchev–Trinajstić information content (AvgIpc) is 3.35. The van der Waals surface area contributed by atoms with E-state index in [4.69, 9.17) is 20.4 Å². The van der Waals surface area contributed by atoms with Crippen LogP contribution in [0.3, 0.4) is 0 Å². The first-order chi connectivity index (χ1) is 14.6. The lowest BCUT2D eigenvalue weighted by molar-refractivity contribution is 0.0859. The molecule has 5 rings (SSSR count). The number of carbonyl (C=O) groups excluding carboxylic acids is 1. The van der Waals surface area contributed by atoms with Gasteiger partial charge < -0.3 is 15.8 Å². The highest BCUT2D eigenvalue weighted by molar-refractivity contribution is 6.11. The van der Waals surface area contributed by atoms with E-state index in [1.807, 2.05) is 60.0 Å². The maximum Gasteiger partial charge on any atom is 0.257 e. The fourth-order valence-electron chi connectivity index (χ4n) is 4.01. The molecular formula is C23H23N5O2. The number of para-hydroxylation sites is 2. The maximum absolute atomic E-state index is 13.2. The number of amides is 1. The largest absolute Gasteiger partial charge is 0.384 e. The number of nitrogens with one attached hydrogen (secondary N) is 1. The van der Waals surface area contributed by atoms with E-state index in [0.717, 1.165) is 41.7 Å². The number of ether oxygens (including phenoxy) is 1. The molecule has 30 heavy (non-hydrogen) atoms. The van der Waals surface area contributed by atoms with Gasteiger partial charge >= 0.3 is 0 Å². The van der Waals surface area contributed by atoms with Gasteiger partial charge in [-0.15, -0.1) is 0 Å². The molecule has 152 valence electrons. The molecule has 7 nitrogen and oxygen atoms in total. The van der Waals surface area contributed by atoms with Gasteiger partial charge in [0.05, 0.1) is 17.1 Å². The minimum Gasteiger partial charge on any atom is -0.384 e. The van der Waals surface area contributed by atoms with Gasteiger partial charge in [-0.1, -0.05) is 24.3 Å². The predicted molar refractivity (Wildman–Crippen MR) is 117 cm³/mol. The van der Waals surface area contributed by atoms with Crippen molar-refractivity contribution in [1.82, 2.24) is 19.9 Å². The fraction of sp³-hybridized carbons (Fsp3) is 0.261. The summed E-state index contributed by atoms with van der Waals surface area (Å²) >= 11 is 0. The first kappa shape index (κ1) is 18.6. The molecule has 7 heteroatoms. The van der Waals surface area contributed by atoms with Crippen LogP contribution in [0.1, 0.15) is 28.8 Å². The molecule has 1 amide bonds. The number of nitrogens with zero attached hydrogens (tertiary/aromatic N) is 3. The van der Waals surface area contributed by atoms with Crippen LogP contribution in [0.2, 0.25) is 0 Å². The molecule has 0 aliphatic carbocycles. The minimum absolute atomic E-state index is 0.0483. The summed E-state index contributed by atoms with van der Waals surface area (Å²) in [5.41, 5.74) is 11.4. The number of benzene rings is 2. The molecule has 2 aromatic carbocycles. The Morgan fingerprint density at radius 1 is 1.20 bits per heavy atom. The van der Waals surface area contributed by atoms with Crippen molar-refractivity contribution in [3.8, 4) is 5.69 Å². The highest BCUT2D eigenvalue weighted by atomic mass is 16.5. The molecule has 0 bridgehead atoms. The van der Waals surface area contributed by atoms with Gasteiger partial charge in [0.25, 0.3) is 5.91 Å². The number of nitrogen functional groups attached to an aromatic ring is 1. The monoisotopic (exact) mass is 401 g/mol. The van der Waals surface area contributed by atoms with Crippen LogP contribution in [0.25, 0.3) is 27.9 Å². The van der Waals surface area contributed by atoms with E-state index in [1.54, 1.807) is 0 Å². The lowest BCUT2D eigenvalue weighted by Crippen LogP contribution is -2.32. The van der Waals surface area contributed by atoms with Crippen LogP contribution in [0, 0.1) is 6.92 Å². The predicted octanol–water partition coefficient (Wildman–Crippen LogP) is 3.37. The van der Waals surface area contributed by atoms with Gasteiger partial charge in [-0.25, -0.2) is 9.97 Å². The van der Waals surface area contributed by atoms with Crippen molar-refractivity contribution in [1.29, 1.82) is 0 Å². The van der Waals surface area contributed by atoms with Gasteiger partial charge in [-0.3, -0.25) is 9.36 Å². The first-order valence-corrected chi connectivity index (χ1v) is 10.2. The summed E-state index contributed by atoms with van der Waals surface area (Å²) in [6, 6.07) is 15.6. The van der Waals surface area contributed by atoms with Crippen LogP contribution in [-0.2, 0) is 4.74 Å². The fourth-order valence-corrected chi connectivity index (χ4v) is 4.01. The first-order valence-electron chi connectivity index (χ1n) is 10.2. The smallest absolute Gasteiger partial charge is 0.257 e. The molecule has 3 heterocycles. The lowest BCUT2D eigenvalue weighted by atomic mass is 10.2. The van der Waals surface area contributed by atoms with E-state index in [1.165, 1.54) is 0 Å². The molecule has 0 radical (unpaired) electrons. The van der Waals surface area contributed by atoms with Crippen molar-refractivity contribution in [2.45, 2.75) is 25.9 Å². The zero-order valence-corrected chi connectivity index (χ0v) is 16.8. The lowest BCUT2D eigenvalue weighted by Gasteiger charge is -2.11. The molecule has 1 atom stereocenters. The Kier molecular flexibility index (Phi) is 4.59. The van der Waals surface area contributed by atoms with Crippen LogP contribution in [0.5, 0.6) is 0 Å². The van der Waals surface area contributed by atoms with E-state index in [2.05, 4.69) is 5.32 Å². The second kappa shape index (κ2) is 7.42. The Labute approximate surface area is 173 Å². The molecule has 3 N–H and O–H groups in total. The van der Waals surface area contributed by atoms with Crippen molar-refractivity contribution in [2.24, 2.45) is 0 Å². The Morgan fingerprint density at radius 3 is 2.73 bits per heavy atom. The molecule has 2 aromatic heterocycles. The van der Waals surface area contributed by atoms with Gasteiger partial charge in [-0.05, 0) is 49.6 Å². The Balaban J connectivity index is 1.67. The molecule has 1 unspecified atom stereocenters. The summed E-state index contributed by atoms with van der Waals surface area (Å²) in [5, 5.41) is 2.97. The third-order valence-electron chi connectivity index (χ3n) is 5.50. The van der Waals surface area contributed by atoms with Gasteiger partial charge in [0.2, 0.25) is 0 Å². The van der Waals surface area contributed by atoms with Crippen LogP contribution < -0.4 is 11.1 Å². The third-order valence-corrected chi connectivity index (χ3v) is 5.50. The number of aryl methyl sites for hydroxylation is 1. The molecule has 0 spiro atoms. The van der Waals surface area contributed by atoms with Gasteiger partial charge in [-0.2, -0.15) is 0 Å². The van der Waals surface area contributed by atoms with Crippen LogP contribution in [0.4, 0.5) is 5.82 Å².